The van der Waals surface area contributed by atoms with Crippen LogP contribution in [0, 0.1) is 6.07 Å². The van der Waals surface area contributed by atoms with Crippen LogP contribution in [0.2, 0.25) is 0 Å². The van der Waals surface area contributed by atoms with Crippen LogP contribution in [0.4, 0.5) is 11.4 Å². The van der Waals surface area contributed by atoms with Crippen molar-refractivity contribution >= 4 is 11.4 Å². The van der Waals surface area contributed by atoms with Crippen molar-refractivity contribution in [1.29, 1.82) is 0 Å². The summed E-state index contributed by atoms with van der Waals surface area (Å²) >= 11 is 0. The number of anilines is 2. The molecule has 0 saturated carbocycles. The Morgan fingerprint density at radius 2 is 1.24 bits per heavy atom. The second-order valence-electron chi connectivity index (χ2n) is 7.69. The first-order valence-corrected chi connectivity index (χ1v) is 7.56. The lowest BCUT2D eigenvalue weighted by molar-refractivity contribution is 0.590. The molecule has 21 heavy (non-hydrogen) atoms. The van der Waals surface area contributed by atoms with E-state index in [9.17, 15) is 0 Å². The van der Waals surface area contributed by atoms with Crippen molar-refractivity contribution in [3.05, 3.63) is 59.7 Å². The van der Waals surface area contributed by atoms with Gasteiger partial charge in [-0.3, -0.25) is 0 Å². The van der Waals surface area contributed by atoms with Gasteiger partial charge in [0.15, 0.2) is 0 Å². The molecule has 0 aliphatic heterocycles. The highest BCUT2D eigenvalue weighted by Gasteiger charge is 2.14. The van der Waals surface area contributed by atoms with Gasteiger partial charge in [0.25, 0.3) is 0 Å². The molecular formula is C20H26N. The molecule has 0 heterocycles. The monoisotopic (exact) mass is 280 g/mol. The Morgan fingerprint density at radius 3 is 1.67 bits per heavy atom. The number of nitrogens with one attached hydrogen (secondary N) is 1. The van der Waals surface area contributed by atoms with E-state index in [1.807, 2.05) is 0 Å². The molecule has 0 aliphatic carbocycles. The second-order valence-corrected chi connectivity index (χ2v) is 7.69. The normalized spacial score (nSPS) is 12.3. The van der Waals surface area contributed by atoms with Crippen LogP contribution in [0.15, 0.2) is 42.5 Å². The van der Waals surface area contributed by atoms with E-state index in [2.05, 4.69) is 95.4 Å². The van der Waals surface area contributed by atoms with E-state index < -0.39 is 0 Å². The zero-order chi connectivity index (χ0) is 15.7. The highest BCUT2D eigenvalue weighted by atomic mass is 14.9. The van der Waals surface area contributed by atoms with E-state index in [0.29, 0.717) is 0 Å². The third-order valence-corrected chi connectivity index (χ3v) is 3.71. The van der Waals surface area contributed by atoms with Crippen LogP contribution in [0.1, 0.15) is 52.7 Å². The molecule has 1 radical (unpaired) electrons. The summed E-state index contributed by atoms with van der Waals surface area (Å²) in [7, 11) is 0. The molecule has 111 valence electrons. The lowest BCUT2D eigenvalue weighted by Crippen LogP contribution is -2.11. The molecule has 0 aliphatic rings. The van der Waals surface area contributed by atoms with E-state index in [1.165, 1.54) is 11.1 Å². The van der Waals surface area contributed by atoms with Gasteiger partial charge in [-0.25, -0.2) is 0 Å². The van der Waals surface area contributed by atoms with Crippen LogP contribution in [-0.2, 0) is 10.8 Å². The number of hydrogen-bond acceptors (Lipinski definition) is 1. The van der Waals surface area contributed by atoms with E-state index >= 15 is 0 Å². The SMILES string of the molecule is CC(C)(C)c1c[c]c(Nc2ccc(C(C)(C)C)cc2)cc1. The predicted molar refractivity (Wildman–Crippen MR) is 92.4 cm³/mol. The molecule has 0 bridgehead atoms. The predicted octanol–water partition coefficient (Wildman–Crippen LogP) is 5.83. The Kier molecular flexibility index (Phi) is 4.13. The van der Waals surface area contributed by atoms with Crippen LogP contribution in [0.25, 0.3) is 0 Å². The van der Waals surface area contributed by atoms with Gasteiger partial charge < -0.3 is 5.32 Å². The van der Waals surface area contributed by atoms with Crippen LogP contribution >= 0.6 is 0 Å². The molecule has 0 saturated heterocycles. The van der Waals surface area contributed by atoms with Gasteiger partial charge in [0.1, 0.15) is 0 Å². The summed E-state index contributed by atoms with van der Waals surface area (Å²) in [6, 6.07) is 18.3. The minimum absolute atomic E-state index is 0.170. The third-order valence-electron chi connectivity index (χ3n) is 3.71. The third kappa shape index (κ3) is 4.10. The number of hydrogen-bond donors (Lipinski definition) is 1. The molecule has 2 rings (SSSR count). The smallest absolute Gasteiger partial charge is 0.0464 e. The van der Waals surface area contributed by atoms with Crippen molar-refractivity contribution < 1.29 is 0 Å². The number of rotatable bonds is 2. The van der Waals surface area contributed by atoms with Gasteiger partial charge in [-0.2, -0.15) is 0 Å². The van der Waals surface area contributed by atoms with Crippen LogP contribution in [-0.4, -0.2) is 0 Å². The summed E-state index contributed by atoms with van der Waals surface area (Å²) < 4.78 is 0. The van der Waals surface area contributed by atoms with Gasteiger partial charge in [0.2, 0.25) is 0 Å². The molecule has 2 aromatic carbocycles. The van der Waals surface area contributed by atoms with Crippen molar-refractivity contribution in [2.45, 2.75) is 52.4 Å². The molecule has 0 amide bonds. The minimum Gasteiger partial charge on any atom is -0.355 e. The van der Waals surface area contributed by atoms with Crippen molar-refractivity contribution in [3.8, 4) is 0 Å². The van der Waals surface area contributed by atoms with E-state index in [4.69, 9.17) is 0 Å². The van der Waals surface area contributed by atoms with Gasteiger partial charge in [-0.05, 0) is 46.2 Å². The van der Waals surface area contributed by atoms with Crippen molar-refractivity contribution in [2.24, 2.45) is 0 Å². The fraction of sp³-hybridized carbons (Fsp3) is 0.400. The average Bonchev–Trinajstić information content (AvgIpc) is 2.38. The molecular weight excluding hydrogens is 254 g/mol. The molecule has 0 aromatic heterocycles. The van der Waals surface area contributed by atoms with Gasteiger partial charge in [-0.1, -0.05) is 59.7 Å². The van der Waals surface area contributed by atoms with Crippen LogP contribution in [0.3, 0.4) is 0 Å². The first-order valence-electron chi connectivity index (χ1n) is 7.56. The van der Waals surface area contributed by atoms with Crippen LogP contribution in [0.5, 0.6) is 0 Å². The Morgan fingerprint density at radius 1 is 0.714 bits per heavy atom. The fourth-order valence-electron chi connectivity index (χ4n) is 2.18. The van der Waals surface area contributed by atoms with Gasteiger partial charge in [0.05, 0.1) is 0 Å². The molecule has 0 atom stereocenters. The van der Waals surface area contributed by atoms with Gasteiger partial charge in [-0.15, -0.1) is 0 Å². The molecule has 1 nitrogen and oxygen atoms in total. The Hall–Kier alpha value is -1.76. The molecule has 0 spiro atoms. The van der Waals surface area contributed by atoms with Gasteiger partial charge >= 0.3 is 0 Å². The van der Waals surface area contributed by atoms with E-state index in [-0.39, 0.29) is 10.8 Å². The highest BCUT2D eigenvalue weighted by Crippen LogP contribution is 2.26. The zero-order valence-corrected chi connectivity index (χ0v) is 14.0. The highest BCUT2D eigenvalue weighted by molar-refractivity contribution is 5.60. The molecule has 1 N–H and O–H groups in total. The Bertz CT molecular complexity index is 522. The second kappa shape index (κ2) is 5.55. The summed E-state index contributed by atoms with van der Waals surface area (Å²) in [6.07, 6.45) is 0. The minimum atomic E-state index is 0.170. The molecule has 0 fully saturated rings. The zero-order valence-electron chi connectivity index (χ0n) is 14.0. The fourth-order valence-corrected chi connectivity index (χ4v) is 2.18. The standard InChI is InChI=1S/C20H26N/c1-19(2,3)15-7-11-17(12-8-15)21-18-13-9-16(10-14-18)20(4,5)6/h7-13,21H,1-6H3. The largest absolute Gasteiger partial charge is 0.355 e. The molecule has 1 heteroatoms. The maximum absolute atomic E-state index is 3.41. The topological polar surface area (TPSA) is 12.0 Å². The number of benzene rings is 2. The van der Waals surface area contributed by atoms with Crippen molar-refractivity contribution in [2.75, 3.05) is 5.32 Å². The van der Waals surface area contributed by atoms with Crippen LogP contribution < -0.4 is 5.32 Å². The maximum Gasteiger partial charge on any atom is 0.0464 e. The lowest BCUT2D eigenvalue weighted by Gasteiger charge is -2.20. The molecule has 2 aromatic rings. The summed E-state index contributed by atoms with van der Waals surface area (Å²) in [5.41, 5.74) is 5.12. The van der Waals surface area contributed by atoms with Gasteiger partial charge in [0, 0.05) is 17.4 Å². The Balaban J connectivity index is 2.12. The average molecular weight is 280 g/mol. The molecule has 0 unspecified atom stereocenters. The van der Waals surface area contributed by atoms with E-state index in [1.54, 1.807) is 0 Å². The Labute approximate surface area is 129 Å². The summed E-state index contributed by atoms with van der Waals surface area (Å²) in [5, 5.41) is 3.41. The summed E-state index contributed by atoms with van der Waals surface area (Å²) in [5.74, 6) is 0. The first-order chi connectivity index (χ1) is 9.66. The van der Waals surface area contributed by atoms with Crippen molar-refractivity contribution in [3.63, 3.8) is 0 Å². The lowest BCUT2D eigenvalue weighted by atomic mass is 9.87. The summed E-state index contributed by atoms with van der Waals surface area (Å²) in [4.78, 5) is 0. The first kappa shape index (κ1) is 15.6. The maximum atomic E-state index is 3.41. The van der Waals surface area contributed by atoms with Crippen molar-refractivity contribution in [1.82, 2.24) is 0 Å². The summed E-state index contributed by atoms with van der Waals surface area (Å²) in [6.45, 7) is 13.3. The van der Waals surface area contributed by atoms with E-state index in [0.717, 1.165) is 11.4 Å². The quantitative estimate of drug-likeness (QED) is 0.730.